The van der Waals surface area contributed by atoms with E-state index >= 15 is 0 Å². The van der Waals surface area contributed by atoms with Gasteiger partial charge in [-0.25, -0.2) is 4.79 Å². The first-order valence-electron chi connectivity index (χ1n) is 6.60. The van der Waals surface area contributed by atoms with E-state index in [4.69, 9.17) is 4.74 Å². The number of nitrogens with one attached hydrogen (secondary N) is 1. The molecular formula is C13H24N4O2S. The molecule has 0 unspecified atom stereocenters. The number of carbonyl (C=O) groups is 1. The Morgan fingerprint density at radius 3 is 2.45 bits per heavy atom. The predicted octanol–water partition coefficient (Wildman–Crippen LogP) is 2.99. The Morgan fingerprint density at radius 1 is 1.35 bits per heavy atom. The average Bonchev–Trinajstić information content (AvgIpc) is 2.72. The largest absolute Gasteiger partial charge is 0.444 e. The van der Waals surface area contributed by atoms with Gasteiger partial charge in [-0.15, -0.1) is 10.2 Å². The number of aromatic nitrogens is 2. The van der Waals surface area contributed by atoms with Gasteiger partial charge in [-0.3, -0.25) is 0 Å². The summed E-state index contributed by atoms with van der Waals surface area (Å²) in [6.45, 7) is 12.7. The lowest BCUT2D eigenvalue weighted by Crippen LogP contribution is -2.49. The van der Waals surface area contributed by atoms with Crippen LogP contribution in [0, 0.1) is 0 Å². The summed E-state index contributed by atoms with van der Waals surface area (Å²) in [4.78, 5) is 14.0. The lowest BCUT2D eigenvalue weighted by molar-refractivity contribution is 0.00749. The number of hydrogen-bond donors (Lipinski definition) is 1. The van der Waals surface area contributed by atoms with Crippen molar-refractivity contribution in [2.75, 3.05) is 18.4 Å². The fourth-order valence-electron chi connectivity index (χ4n) is 1.54. The number of hydrogen-bond acceptors (Lipinski definition) is 6. The smallest absolute Gasteiger partial charge is 0.410 e. The summed E-state index contributed by atoms with van der Waals surface area (Å²) in [5.74, 6) is 0. The van der Waals surface area contributed by atoms with Gasteiger partial charge >= 0.3 is 6.09 Å². The first-order valence-corrected chi connectivity index (χ1v) is 7.48. The monoisotopic (exact) mass is 300 g/mol. The number of ether oxygens (including phenoxy) is 1. The fraction of sp³-hybridized carbons (Fsp3) is 0.769. The van der Waals surface area contributed by atoms with Crippen LogP contribution in [0.5, 0.6) is 0 Å². The summed E-state index contributed by atoms with van der Waals surface area (Å²) in [6, 6.07) is 0. The normalized spacial score (nSPS) is 12.1. The maximum absolute atomic E-state index is 12.2. The molecular weight excluding hydrogens is 276 g/mol. The molecule has 114 valence electrons. The van der Waals surface area contributed by atoms with E-state index in [9.17, 15) is 4.79 Å². The van der Waals surface area contributed by atoms with Crippen LogP contribution < -0.4 is 5.32 Å². The van der Waals surface area contributed by atoms with Crippen LogP contribution in [0.4, 0.5) is 9.93 Å². The molecule has 1 heterocycles. The Labute approximate surface area is 124 Å². The quantitative estimate of drug-likeness (QED) is 0.926. The molecule has 1 amide bonds. The van der Waals surface area contributed by atoms with Crippen LogP contribution in [-0.4, -0.2) is 45.4 Å². The third-order valence-corrected chi connectivity index (χ3v) is 3.04. The summed E-state index contributed by atoms with van der Waals surface area (Å²) in [5.41, 5.74) is 0.871. The minimum Gasteiger partial charge on any atom is -0.444 e. The molecule has 0 spiro atoms. The Bertz CT molecular complexity index is 421. The highest BCUT2D eigenvalue weighted by molar-refractivity contribution is 7.13. The van der Waals surface area contributed by atoms with Gasteiger partial charge in [0.2, 0.25) is 5.13 Å². The van der Waals surface area contributed by atoms with E-state index in [1.807, 2.05) is 41.5 Å². The summed E-state index contributed by atoms with van der Waals surface area (Å²) in [5, 5.41) is 11.5. The Morgan fingerprint density at radius 2 is 2.00 bits per heavy atom. The van der Waals surface area contributed by atoms with Crippen molar-refractivity contribution in [3.05, 3.63) is 5.51 Å². The second-order valence-electron chi connectivity index (χ2n) is 6.47. The molecule has 1 aromatic heterocycles. The Hall–Kier alpha value is -1.37. The summed E-state index contributed by atoms with van der Waals surface area (Å²) >= 11 is 1.43. The van der Waals surface area contributed by atoms with Crippen molar-refractivity contribution in [1.29, 1.82) is 0 Å². The molecule has 0 aromatic carbocycles. The Balaban J connectivity index is 2.58. The standard InChI is InChI=1S/C13H24N4O2S/c1-12(2,3)17(11(18)19-13(4,5)6)8-7-14-10-16-15-9-20-10/h9H,7-8H2,1-6H3,(H,14,16). The zero-order valence-electron chi connectivity index (χ0n) is 13.1. The zero-order valence-corrected chi connectivity index (χ0v) is 13.9. The van der Waals surface area contributed by atoms with E-state index in [2.05, 4.69) is 15.5 Å². The topological polar surface area (TPSA) is 67.3 Å². The molecule has 20 heavy (non-hydrogen) atoms. The minimum absolute atomic E-state index is 0.300. The molecule has 0 atom stereocenters. The van der Waals surface area contributed by atoms with E-state index in [-0.39, 0.29) is 11.6 Å². The van der Waals surface area contributed by atoms with Gasteiger partial charge in [-0.2, -0.15) is 0 Å². The number of carbonyl (C=O) groups excluding carboxylic acids is 1. The van der Waals surface area contributed by atoms with E-state index in [0.717, 1.165) is 5.13 Å². The van der Waals surface area contributed by atoms with Gasteiger partial charge in [0.05, 0.1) is 0 Å². The molecule has 0 radical (unpaired) electrons. The van der Waals surface area contributed by atoms with Crippen molar-refractivity contribution in [3.8, 4) is 0 Å². The SMILES string of the molecule is CC(C)(C)OC(=O)N(CCNc1nncs1)C(C)(C)C. The highest BCUT2D eigenvalue weighted by Gasteiger charge is 2.30. The van der Waals surface area contributed by atoms with Crippen molar-refractivity contribution in [1.82, 2.24) is 15.1 Å². The zero-order chi connectivity index (χ0) is 15.4. The van der Waals surface area contributed by atoms with Gasteiger partial charge in [0, 0.05) is 18.6 Å². The first-order chi connectivity index (χ1) is 9.09. The highest BCUT2D eigenvalue weighted by Crippen LogP contribution is 2.18. The van der Waals surface area contributed by atoms with E-state index < -0.39 is 5.60 Å². The lowest BCUT2D eigenvalue weighted by atomic mass is 10.1. The van der Waals surface area contributed by atoms with E-state index in [1.165, 1.54) is 11.3 Å². The van der Waals surface area contributed by atoms with Gasteiger partial charge in [0.25, 0.3) is 0 Å². The summed E-state index contributed by atoms with van der Waals surface area (Å²) in [6.07, 6.45) is -0.302. The van der Waals surface area contributed by atoms with E-state index in [1.54, 1.807) is 10.4 Å². The number of anilines is 1. The second-order valence-corrected chi connectivity index (χ2v) is 7.31. The lowest BCUT2D eigenvalue weighted by Gasteiger charge is -2.36. The molecule has 0 aliphatic heterocycles. The third kappa shape index (κ3) is 5.73. The van der Waals surface area contributed by atoms with Gasteiger partial charge in [-0.05, 0) is 41.5 Å². The van der Waals surface area contributed by atoms with Crippen molar-refractivity contribution < 1.29 is 9.53 Å². The molecule has 7 heteroatoms. The molecule has 1 N–H and O–H groups in total. The molecule has 1 rings (SSSR count). The van der Waals surface area contributed by atoms with Crippen molar-refractivity contribution in [2.24, 2.45) is 0 Å². The maximum atomic E-state index is 12.2. The molecule has 0 aliphatic carbocycles. The Kier molecular flexibility index (Phi) is 5.33. The van der Waals surface area contributed by atoms with Crippen LogP contribution in [0.25, 0.3) is 0 Å². The van der Waals surface area contributed by atoms with Gasteiger partial charge in [0.15, 0.2) is 0 Å². The van der Waals surface area contributed by atoms with Gasteiger partial charge < -0.3 is 15.0 Å². The fourth-order valence-corrected chi connectivity index (χ4v) is 2.02. The summed E-state index contributed by atoms with van der Waals surface area (Å²) < 4.78 is 5.45. The molecule has 0 saturated heterocycles. The van der Waals surface area contributed by atoms with Crippen LogP contribution in [0.2, 0.25) is 0 Å². The average molecular weight is 300 g/mol. The van der Waals surface area contributed by atoms with Crippen LogP contribution in [0.15, 0.2) is 5.51 Å². The van der Waals surface area contributed by atoms with Crippen LogP contribution in [-0.2, 0) is 4.74 Å². The number of amides is 1. The molecule has 0 saturated carbocycles. The molecule has 0 aliphatic rings. The number of nitrogens with zero attached hydrogens (tertiary/aromatic N) is 3. The third-order valence-electron chi connectivity index (χ3n) is 2.40. The van der Waals surface area contributed by atoms with Crippen molar-refractivity contribution >= 4 is 22.6 Å². The first kappa shape index (κ1) is 16.7. The van der Waals surface area contributed by atoms with Crippen molar-refractivity contribution in [2.45, 2.75) is 52.7 Å². The van der Waals surface area contributed by atoms with Crippen LogP contribution in [0.1, 0.15) is 41.5 Å². The predicted molar refractivity (Wildman–Crippen MR) is 81.1 cm³/mol. The molecule has 1 aromatic rings. The molecule has 6 nitrogen and oxygen atoms in total. The second kappa shape index (κ2) is 6.39. The molecule has 0 fully saturated rings. The maximum Gasteiger partial charge on any atom is 0.410 e. The highest BCUT2D eigenvalue weighted by atomic mass is 32.1. The van der Waals surface area contributed by atoms with Crippen molar-refractivity contribution in [3.63, 3.8) is 0 Å². The van der Waals surface area contributed by atoms with Gasteiger partial charge in [0.1, 0.15) is 11.1 Å². The number of rotatable bonds is 4. The minimum atomic E-state index is -0.493. The van der Waals surface area contributed by atoms with E-state index in [0.29, 0.717) is 13.1 Å². The summed E-state index contributed by atoms with van der Waals surface area (Å²) in [7, 11) is 0. The van der Waals surface area contributed by atoms with Crippen LogP contribution in [0.3, 0.4) is 0 Å². The molecule has 0 bridgehead atoms. The van der Waals surface area contributed by atoms with Crippen LogP contribution >= 0.6 is 11.3 Å². The van der Waals surface area contributed by atoms with Gasteiger partial charge in [-0.1, -0.05) is 11.3 Å².